The molecule has 0 aromatic heterocycles. The molecule has 0 amide bonds. The van der Waals surface area contributed by atoms with Crippen molar-refractivity contribution in [3.63, 3.8) is 0 Å². The van der Waals surface area contributed by atoms with Gasteiger partial charge >= 0.3 is 0 Å². The summed E-state index contributed by atoms with van der Waals surface area (Å²) in [5.41, 5.74) is 5.26. The average molecular weight is 231 g/mol. The second-order valence-corrected chi connectivity index (χ2v) is 4.35. The molecule has 0 spiro atoms. The van der Waals surface area contributed by atoms with Gasteiger partial charge in [-0.2, -0.15) is 0 Å². The molecule has 0 saturated heterocycles. The number of para-hydroxylation sites is 2. The number of hydrogen-bond acceptors (Lipinski definition) is 1. The summed E-state index contributed by atoms with van der Waals surface area (Å²) < 4.78 is 0. The van der Waals surface area contributed by atoms with Crippen molar-refractivity contribution in [2.75, 3.05) is 4.90 Å². The summed E-state index contributed by atoms with van der Waals surface area (Å²) in [6.07, 6.45) is 0. The Morgan fingerprint density at radius 3 is 1.78 bits per heavy atom. The van der Waals surface area contributed by atoms with Crippen LogP contribution < -0.4 is 4.90 Å². The lowest BCUT2D eigenvalue weighted by molar-refractivity contribution is 1.16. The molecule has 0 unspecified atom stereocenters. The maximum absolute atomic E-state index is 4.09. The van der Waals surface area contributed by atoms with Crippen LogP contribution in [0.3, 0.4) is 0 Å². The maximum Gasteiger partial charge on any atom is 0.0615 e. The van der Waals surface area contributed by atoms with Crippen LogP contribution in [0, 0.1) is 11.8 Å². The van der Waals surface area contributed by atoms with Gasteiger partial charge in [0.05, 0.1) is 11.4 Å². The van der Waals surface area contributed by atoms with Gasteiger partial charge in [-0.3, -0.25) is 0 Å². The maximum atomic E-state index is 4.09. The number of rotatable bonds is 1. The molecule has 1 aliphatic heterocycles. The number of anilines is 2. The minimum atomic E-state index is 0.986. The van der Waals surface area contributed by atoms with Gasteiger partial charge in [-0.05, 0) is 31.2 Å². The monoisotopic (exact) mass is 231 g/mol. The molecule has 3 rings (SSSR count). The summed E-state index contributed by atoms with van der Waals surface area (Å²) in [5, 5.41) is 0. The fraction of sp³-hybridized carbons (Fsp3) is 0.0588. The van der Waals surface area contributed by atoms with E-state index in [2.05, 4.69) is 35.5 Å². The average Bonchev–Trinajstić information content (AvgIpc) is 2.55. The van der Waals surface area contributed by atoms with Gasteiger partial charge in [0.15, 0.2) is 0 Å². The molecule has 1 heteroatoms. The molecule has 1 aliphatic rings. The highest BCUT2D eigenvalue weighted by atomic mass is 15.1. The van der Waals surface area contributed by atoms with E-state index >= 15 is 0 Å². The Morgan fingerprint density at radius 1 is 0.889 bits per heavy atom. The van der Waals surface area contributed by atoms with Crippen LogP contribution in [0.4, 0.5) is 11.4 Å². The summed E-state index contributed by atoms with van der Waals surface area (Å²) in [6.45, 7) is 6.10. The summed E-state index contributed by atoms with van der Waals surface area (Å²) in [5.74, 6) is 6.47. The van der Waals surface area contributed by atoms with Crippen LogP contribution in [0.5, 0.6) is 0 Å². The predicted molar refractivity (Wildman–Crippen MR) is 75.8 cm³/mol. The normalized spacial score (nSPS) is 11.7. The molecule has 86 valence electrons. The Balaban J connectivity index is 2.33. The van der Waals surface area contributed by atoms with E-state index in [9.17, 15) is 0 Å². The second-order valence-electron chi connectivity index (χ2n) is 4.35. The lowest BCUT2D eigenvalue weighted by atomic mass is 10.1. The van der Waals surface area contributed by atoms with Crippen LogP contribution in [-0.4, -0.2) is 0 Å². The van der Waals surface area contributed by atoms with E-state index in [0.29, 0.717) is 0 Å². The molecule has 18 heavy (non-hydrogen) atoms. The Labute approximate surface area is 107 Å². The van der Waals surface area contributed by atoms with E-state index in [-0.39, 0.29) is 0 Å². The molecule has 0 fully saturated rings. The highest BCUT2D eigenvalue weighted by molar-refractivity contribution is 5.80. The van der Waals surface area contributed by atoms with Crippen molar-refractivity contribution in [3.05, 3.63) is 71.9 Å². The van der Waals surface area contributed by atoms with Crippen LogP contribution in [0.1, 0.15) is 18.1 Å². The van der Waals surface area contributed by atoms with E-state index in [1.165, 1.54) is 0 Å². The summed E-state index contributed by atoms with van der Waals surface area (Å²) in [6, 6.07) is 16.4. The highest BCUT2D eigenvalue weighted by Crippen LogP contribution is 2.35. The van der Waals surface area contributed by atoms with Gasteiger partial charge in [0.2, 0.25) is 0 Å². The molecule has 0 atom stereocenters. The van der Waals surface area contributed by atoms with Gasteiger partial charge in [-0.1, -0.05) is 42.7 Å². The Kier molecular flexibility index (Phi) is 2.42. The van der Waals surface area contributed by atoms with Gasteiger partial charge in [0, 0.05) is 16.8 Å². The van der Waals surface area contributed by atoms with Crippen molar-refractivity contribution in [3.8, 4) is 11.8 Å². The largest absolute Gasteiger partial charge is 0.313 e. The van der Waals surface area contributed by atoms with Gasteiger partial charge in [-0.15, -0.1) is 0 Å². The molecule has 0 aliphatic carbocycles. The van der Waals surface area contributed by atoms with Crippen LogP contribution in [0.15, 0.2) is 60.8 Å². The fourth-order valence-electron chi connectivity index (χ4n) is 2.22. The van der Waals surface area contributed by atoms with Gasteiger partial charge < -0.3 is 4.90 Å². The van der Waals surface area contributed by atoms with Crippen molar-refractivity contribution in [2.24, 2.45) is 0 Å². The Morgan fingerprint density at radius 2 is 1.33 bits per heavy atom. The first-order valence-electron chi connectivity index (χ1n) is 5.93. The van der Waals surface area contributed by atoms with Gasteiger partial charge in [0.1, 0.15) is 0 Å². The number of hydrogen-bond donors (Lipinski definition) is 0. The molecule has 0 saturated carbocycles. The Bertz CT molecular complexity index is 634. The summed E-state index contributed by atoms with van der Waals surface area (Å²) in [7, 11) is 0. The molecule has 0 radical (unpaired) electrons. The zero-order valence-electron chi connectivity index (χ0n) is 10.3. The molecule has 2 aromatic rings. The van der Waals surface area contributed by atoms with Crippen LogP contribution >= 0.6 is 0 Å². The Hall–Kier alpha value is -2.46. The van der Waals surface area contributed by atoms with E-state index in [0.717, 1.165) is 28.2 Å². The molecule has 1 heterocycles. The fourth-order valence-corrected chi connectivity index (χ4v) is 2.22. The quantitative estimate of drug-likeness (QED) is 0.669. The molecular weight excluding hydrogens is 218 g/mol. The first-order chi connectivity index (χ1) is 8.77. The van der Waals surface area contributed by atoms with Crippen LogP contribution in [0.2, 0.25) is 0 Å². The first-order valence-corrected chi connectivity index (χ1v) is 5.93. The smallest absolute Gasteiger partial charge is 0.0615 e. The van der Waals surface area contributed by atoms with Crippen LogP contribution in [-0.2, 0) is 0 Å². The predicted octanol–water partition coefficient (Wildman–Crippen LogP) is 4.07. The lowest BCUT2D eigenvalue weighted by Gasteiger charge is -2.26. The second kappa shape index (κ2) is 4.09. The first kappa shape index (κ1) is 10.7. The summed E-state index contributed by atoms with van der Waals surface area (Å²) >= 11 is 0. The zero-order chi connectivity index (χ0) is 12.5. The zero-order valence-corrected chi connectivity index (χ0v) is 10.3. The minimum absolute atomic E-state index is 0.986. The minimum Gasteiger partial charge on any atom is -0.313 e. The highest BCUT2D eigenvalue weighted by Gasteiger charge is 2.17. The van der Waals surface area contributed by atoms with Gasteiger partial charge in [-0.25, -0.2) is 0 Å². The number of benzene rings is 2. The molecule has 2 aromatic carbocycles. The molecule has 0 N–H and O–H groups in total. The number of fused-ring (bicyclic) bond motifs is 2. The molecular formula is C17H13N. The third-order valence-electron chi connectivity index (χ3n) is 3.00. The topological polar surface area (TPSA) is 3.24 Å². The number of allylic oxidation sites excluding steroid dienone is 1. The lowest BCUT2D eigenvalue weighted by Crippen LogP contribution is -2.15. The van der Waals surface area contributed by atoms with Crippen molar-refractivity contribution in [1.29, 1.82) is 0 Å². The summed E-state index contributed by atoms with van der Waals surface area (Å²) in [4.78, 5) is 2.15. The van der Waals surface area contributed by atoms with Crippen molar-refractivity contribution < 1.29 is 0 Å². The SMILES string of the molecule is C=C(C)N1c2ccccc2C#Cc2ccccc21. The molecule has 1 nitrogen and oxygen atoms in total. The van der Waals surface area contributed by atoms with E-state index in [1.807, 2.05) is 43.3 Å². The van der Waals surface area contributed by atoms with E-state index in [1.54, 1.807) is 0 Å². The third kappa shape index (κ3) is 1.59. The van der Waals surface area contributed by atoms with Crippen molar-refractivity contribution in [1.82, 2.24) is 0 Å². The van der Waals surface area contributed by atoms with Crippen molar-refractivity contribution >= 4 is 11.4 Å². The standard InChI is InChI=1S/C17H13N/c1-13(2)18-16-9-5-3-7-14(16)11-12-15-8-4-6-10-17(15)18/h3-10H,1H2,2H3. The van der Waals surface area contributed by atoms with Crippen LogP contribution in [0.25, 0.3) is 0 Å². The number of nitrogens with zero attached hydrogens (tertiary/aromatic N) is 1. The van der Waals surface area contributed by atoms with E-state index in [4.69, 9.17) is 0 Å². The van der Waals surface area contributed by atoms with Gasteiger partial charge in [0.25, 0.3) is 0 Å². The van der Waals surface area contributed by atoms with Crippen molar-refractivity contribution in [2.45, 2.75) is 6.92 Å². The van der Waals surface area contributed by atoms with E-state index < -0.39 is 0 Å². The third-order valence-corrected chi connectivity index (χ3v) is 3.00. The molecule has 0 bridgehead atoms.